The first-order chi connectivity index (χ1) is 23.5. The van der Waals surface area contributed by atoms with Crippen molar-refractivity contribution in [1.29, 1.82) is 0 Å². The van der Waals surface area contributed by atoms with Crippen LogP contribution in [0, 0.1) is 0 Å². The van der Waals surface area contributed by atoms with E-state index in [-0.39, 0.29) is 0 Å². The van der Waals surface area contributed by atoms with Crippen LogP contribution in [0.1, 0.15) is 148 Å². The van der Waals surface area contributed by atoms with Gasteiger partial charge in [-0.15, -0.1) is 0 Å². The molecule has 2 heteroatoms. The number of nitrogen functional groups attached to an aromatic ring is 2. The summed E-state index contributed by atoms with van der Waals surface area (Å²) < 4.78 is 0. The van der Waals surface area contributed by atoms with Crippen molar-refractivity contribution in [1.82, 2.24) is 0 Å². The van der Waals surface area contributed by atoms with E-state index in [0.29, 0.717) is 0 Å². The standard InChI is InChI=1S/C46H64N2/c1-3-41-35-39(33-37-23-29-45(47)30-24-37)21-27-43(41)19-17-15-13-11-9-7-5-6-8-10-12-14-16-18-20-44-28-22-40(36-42(44)4-2)34-38-25-31-46(48)32-26-38/h21-32,35-36H,3-20,33-34,47-48H2,1-2H3. The number of anilines is 2. The molecule has 258 valence electrons. The van der Waals surface area contributed by atoms with Gasteiger partial charge in [-0.25, -0.2) is 0 Å². The lowest BCUT2D eigenvalue weighted by molar-refractivity contribution is 0.533. The summed E-state index contributed by atoms with van der Waals surface area (Å²) in [6.07, 6.45) is 26.2. The van der Waals surface area contributed by atoms with Crippen molar-refractivity contribution < 1.29 is 0 Å². The molecule has 4 aromatic carbocycles. The molecule has 0 amide bonds. The summed E-state index contributed by atoms with van der Waals surface area (Å²) in [5, 5.41) is 0. The van der Waals surface area contributed by atoms with Crippen LogP contribution < -0.4 is 11.5 Å². The van der Waals surface area contributed by atoms with E-state index in [2.05, 4.69) is 74.5 Å². The fraction of sp³-hybridized carbons (Fsp3) is 0.478. The second-order valence-electron chi connectivity index (χ2n) is 14.2. The lowest BCUT2D eigenvalue weighted by atomic mass is 9.94. The molecule has 0 saturated carbocycles. The van der Waals surface area contributed by atoms with Gasteiger partial charge < -0.3 is 11.5 Å². The fourth-order valence-electron chi connectivity index (χ4n) is 7.22. The van der Waals surface area contributed by atoms with Gasteiger partial charge >= 0.3 is 0 Å². The van der Waals surface area contributed by atoms with Gasteiger partial charge in [0.1, 0.15) is 0 Å². The van der Waals surface area contributed by atoms with Crippen LogP contribution in [0.15, 0.2) is 84.9 Å². The summed E-state index contributed by atoms with van der Waals surface area (Å²) >= 11 is 0. The molecule has 0 fully saturated rings. The van der Waals surface area contributed by atoms with Crippen LogP contribution in [0.3, 0.4) is 0 Å². The smallest absolute Gasteiger partial charge is 0.0314 e. The molecular weight excluding hydrogens is 581 g/mol. The van der Waals surface area contributed by atoms with E-state index in [1.165, 1.54) is 136 Å². The first-order valence-corrected chi connectivity index (χ1v) is 19.4. The normalized spacial score (nSPS) is 11.3. The van der Waals surface area contributed by atoms with Gasteiger partial charge in [0, 0.05) is 11.4 Å². The number of rotatable bonds is 23. The molecule has 0 radical (unpaired) electrons. The van der Waals surface area contributed by atoms with E-state index in [4.69, 9.17) is 11.5 Å². The number of benzene rings is 4. The van der Waals surface area contributed by atoms with E-state index in [1.54, 1.807) is 11.1 Å². The monoisotopic (exact) mass is 645 g/mol. The van der Waals surface area contributed by atoms with Gasteiger partial charge in [-0.2, -0.15) is 0 Å². The minimum Gasteiger partial charge on any atom is -0.399 e. The van der Waals surface area contributed by atoms with Gasteiger partial charge in [0.15, 0.2) is 0 Å². The van der Waals surface area contributed by atoms with Crippen LogP contribution in [0.25, 0.3) is 0 Å². The third kappa shape index (κ3) is 13.5. The van der Waals surface area contributed by atoms with Crippen LogP contribution in [-0.4, -0.2) is 0 Å². The highest BCUT2D eigenvalue weighted by Crippen LogP contribution is 2.22. The fourth-order valence-corrected chi connectivity index (χ4v) is 7.22. The van der Waals surface area contributed by atoms with Crippen molar-refractivity contribution in [3.8, 4) is 0 Å². The SMILES string of the molecule is CCc1cc(Cc2ccc(N)cc2)ccc1CCCCCCCCCCCCCCCCc1ccc(Cc2ccc(N)cc2)cc1CC. The number of unbranched alkanes of at least 4 members (excludes halogenated alkanes) is 13. The molecule has 2 nitrogen and oxygen atoms in total. The molecule has 4 aromatic rings. The summed E-state index contributed by atoms with van der Waals surface area (Å²) in [7, 11) is 0. The Bertz CT molecular complexity index is 1340. The third-order valence-electron chi connectivity index (χ3n) is 10.2. The van der Waals surface area contributed by atoms with Gasteiger partial charge in [-0.05, 0) is 120 Å². The Morgan fingerprint density at radius 1 is 0.333 bits per heavy atom. The quantitative estimate of drug-likeness (QED) is 0.0623. The molecule has 0 bridgehead atoms. The number of aryl methyl sites for hydroxylation is 4. The van der Waals surface area contributed by atoms with Crippen LogP contribution in [0.2, 0.25) is 0 Å². The first-order valence-electron chi connectivity index (χ1n) is 19.4. The Morgan fingerprint density at radius 2 is 0.625 bits per heavy atom. The van der Waals surface area contributed by atoms with E-state index in [0.717, 1.165) is 37.1 Å². The lowest BCUT2D eigenvalue weighted by Gasteiger charge is -2.11. The van der Waals surface area contributed by atoms with Crippen molar-refractivity contribution in [2.45, 2.75) is 142 Å². The van der Waals surface area contributed by atoms with E-state index >= 15 is 0 Å². The van der Waals surface area contributed by atoms with Crippen LogP contribution in [-0.2, 0) is 38.5 Å². The summed E-state index contributed by atoms with van der Waals surface area (Å²) in [4.78, 5) is 0. The topological polar surface area (TPSA) is 52.0 Å². The molecule has 0 atom stereocenters. The maximum Gasteiger partial charge on any atom is 0.0314 e. The number of nitrogens with two attached hydrogens (primary N) is 2. The van der Waals surface area contributed by atoms with Crippen molar-refractivity contribution in [2.24, 2.45) is 0 Å². The lowest BCUT2D eigenvalue weighted by Crippen LogP contribution is -1.97. The molecule has 48 heavy (non-hydrogen) atoms. The Labute approximate surface area is 293 Å². The first kappa shape index (κ1) is 37.3. The second kappa shape index (κ2) is 21.5. The highest BCUT2D eigenvalue weighted by Gasteiger charge is 2.06. The van der Waals surface area contributed by atoms with Crippen molar-refractivity contribution in [2.75, 3.05) is 11.5 Å². The predicted octanol–water partition coefficient (Wildman–Crippen LogP) is 12.4. The van der Waals surface area contributed by atoms with Gasteiger partial charge in [0.2, 0.25) is 0 Å². The Morgan fingerprint density at radius 3 is 0.938 bits per heavy atom. The predicted molar refractivity (Wildman–Crippen MR) is 211 cm³/mol. The van der Waals surface area contributed by atoms with Crippen molar-refractivity contribution in [3.05, 3.63) is 129 Å². The van der Waals surface area contributed by atoms with Crippen LogP contribution in [0.5, 0.6) is 0 Å². The Kier molecular flexibility index (Phi) is 16.7. The molecule has 0 spiro atoms. The zero-order chi connectivity index (χ0) is 33.8. The van der Waals surface area contributed by atoms with Crippen molar-refractivity contribution >= 4 is 11.4 Å². The second-order valence-corrected chi connectivity index (χ2v) is 14.2. The minimum absolute atomic E-state index is 0.836. The molecule has 0 aliphatic carbocycles. The largest absolute Gasteiger partial charge is 0.399 e. The Balaban J connectivity index is 0.961. The summed E-state index contributed by atoms with van der Waals surface area (Å²) in [5.74, 6) is 0. The highest BCUT2D eigenvalue weighted by atomic mass is 14.5. The minimum atomic E-state index is 0.836. The maximum absolute atomic E-state index is 5.85. The maximum atomic E-state index is 5.85. The Hall–Kier alpha value is -3.52. The number of hydrogen-bond acceptors (Lipinski definition) is 2. The molecule has 0 heterocycles. The van der Waals surface area contributed by atoms with Crippen LogP contribution >= 0.6 is 0 Å². The van der Waals surface area contributed by atoms with E-state index in [1.807, 2.05) is 24.3 Å². The molecule has 0 aliphatic rings. The molecule has 0 unspecified atom stereocenters. The van der Waals surface area contributed by atoms with Gasteiger partial charge in [-0.3, -0.25) is 0 Å². The summed E-state index contributed by atoms with van der Waals surface area (Å²) in [5.41, 5.74) is 25.0. The number of hydrogen-bond donors (Lipinski definition) is 2. The van der Waals surface area contributed by atoms with E-state index < -0.39 is 0 Å². The molecule has 4 rings (SSSR count). The third-order valence-corrected chi connectivity index (χ3v) is 10.2. The molecule has 0 aliphatic heterocycles. The van der Waals surface area contributed by atoms with Gasteiger partial charge in [-0.1, -0.05) is 152 Å². The van der Waals surface area contributed by atoms with Crippen LogP contribution in [0.4, 0.5) is 11.4 Å². The highest BCUT2D eigenvalue weighted by molar-refractivity contribution is 5.43. The van der Waals surface area contributed by atoms with Gasteiger partial charge in [0.05, 0.1) is 0 Å². The summed E-state index contributed by atoms with van der Waals surface area (Å²) in [6.45, 7) is 4.58. The zero-order valence-corrected chi connectivity index (χ0v) is 30.4. The summed E-state index contributed by atoms with van der Waals surface area (Å²) in [6, 6.07) is 30.9. The van der Waals surface area contributed by atoms with Crippen molar-refractivity contribution in [3.63, 3.8) is 0 Å². The average molecular weight is 645 g/mol. The van der Waals surface area contributed by atoms with Gasteiger partial charge in [0.25, 0.3) is 0 Å². The average Bonchev–Trinajstić information content (AvgIpc) is 3.10. The van der Waals surface area contributed by atoms with E-state index in [9.17, 15) is 0 Å². The molecule has 0 saturated heterocycles. The molecule has 4 N–H and O–H groups in total. The zero-order valence-electron chi connectivity index (χ0n) is 30.4. The molecule has 0 aromatic heterocycles. The molecular formula is C46H64N2.